The van der Waals surface area contributed by atoms with Gasteiger partial charge < -0.3 is 5.32 Å². The number of aryl methyl sites for hydroxylation is 1. The summed E-state index contributed by atoms with van der Waals surface area (Å²) in [6.07, 6.45) is 4.44. The van der Waals surface area contributed by atoms with Gasteiger partial charge in [-0.05, 0) is 48.7 Å². The summed E-state index contributed by atoms with van der Waals surface area (Å²) in [4.78, 5) is 16.1. The van der Waals surface area contributed by atoms with E-state index in [-0.39, 0.29) is 11.9 Å². The highest BCUT2D eigenvalue weighted by atomic mass is 16.1. The first-order valence-corrected chi connectivity index (χ1v) is 6.50. The summed E-state index contributed by atoms with van der Waals surface area (Å²) in [5.41, 5.74) is 2.98. The summed E-state index contributed by atoms with van der Waals surface area (Å²) >= 11 is 0. The number of hydrogen-bond acceptors (Lipinski definition) is 2. The fourth-order valence-corrected chi connectivity index (χ4v) is 1.91. The number of hydrogen-bond donors (Lipinski definition) is 1. The van der Waals surface area contributed by atoms with Crippen molar-refractivity contribution in [3.8, 4) is 0 Å². The minimum Gasteiger partial charge on any atom is -0.346 e. The summed E-state index contributed by atoms with van der Waals surface area (Å²) in [7, 11) is 0. The second-order valence-electron chi connectivity index (χ2n) is 4.53. The van der Waals surface area contributed by atoms with E-state index < -0.39 is 0 Å². The van der Waals surface area contributed by atoms with Gasteiger partial charge in [-0.3, -0.25) is 9.78 Å². The molecule has 1 unspecified atom stereocenters. The van der Waals surface area contributed by atoms with Gasteiger partial charge in [0.15, 0.2) is 0 Å². The molecule has 0 fully saturated rings. The van der Waals surface area contributed by atoms with Crippen molar-refractivity contribution in [2.75, 3.05) is 0 Å². The van der Waals surface area contributed by atoms with Crippen LogP contribution in [0.3, 0.4) is 0 Å². The second kappa shape index (κ2) is 6.14. The van der Waals surface area contributed by atoms with Crippen LogP contribution in [0.1, 0.15) is 41.4 Å². The molecular formula is C16H18N2O. The summed E-state index contributed by atoms with van der Waals surface area (Å²) in [6, 6.07) is 11.5. The molecule has 2 rings (SSSR count). The van der Waals surface area contributed by atoms with Crippen LogP contribution in [0.15, 0.2) is 48.8 Å². The zero-order valence-electron chi connectivity index (χ0n) is 11.3. The number of carbonyl (C=O) groups is 1. The van der Waals surface area contributed by atoms with Crippen molar-refractivity contribution in [2.45, 2.75) is 26.3 Å². The average Bonchev–Trinajstić information content (AvgIpc) is 2.48. The molecule has 1 amide bonds. The van der Waals surface area contributed by atoms with Gasteiger partial charge in [0.1, 0.15) is 0 Å². The Hall–Kier alpha value is -2.16. The highest BCUT2D eigenvalue weighted by Gasteiger charge is 2.10. The number of pyridine rings is 1. The molecule has 0 bridgehead atoms. The lowest BCUT2D eigenvalue weighted by Crippen LogP contribution is -2.26. The Balaban J connectivity index is 2.04. The molecule has 0 aliphatic heterocycles. The molecule has 1 aromatic heterocycles. The molecule has 3 heteroatoms. The van der Waals surface area contributed by atoms with Gasteiger partial charge in [0.2, 0.25) is 0 Å². The average molecular weight is 254 g/mol. The molecule has 1 heterocycles. The number of amides is 1. The third-order valence-electron chi connectivity index (χ3n) is 3.18. The smallest absolute Gasteiger partial charge is 0.251 e. The number of aromatic nitrogens is 1. The van der Waals surface area contributed by atoms with E-state index in [1.54, 1.807) is 12.4 Å². The van der Waals surface area contributed by atoms with Crippen molar-refractivity contribution in [1.82, 2.24) is 10.3 Å². The molecular weight excluding hydrogens is 236 g/mol. The molecule has 2 aromatic rings. The standard InChI is InChI=1S/C16H18N2O/c1-3-13-4-6-15(7-5-13)16(19)18-12(2)14-8-10-17-11-9-14/h4-12H,3H2,1-2H3,(H,18,19). The van der Waals surface area contributed by atoms with Crippen molar-refractivity contribution >= 4 is 5.91 Å². The molecule has 0 saturated carbocycles. The van der Waals surface area contributed by atoms with E-state index in [1.165, 1.54) is 5.56 Å². The number of rotatable bonds is 4. The van der Waals surface area contributed by atoms with Crippen LogP contribution in [0.5, 0.6) is 0 Å². The Morgan fingerprint density at radius 3 is 2.37 bits per heavy atom. The van der Waals surface area contributed by atoms with E-state index in [9.17, 15) is 4.79 Å². The summed E-state index contributed by atoms with van der Waals surface area (Å²) in [5.74, 6) is -0.0491. The van der Waals surface area contributed by atoms with Crippen LogP contribution >= 0.6 is 0 Å². The highest BCUT2D eigenvalue weighted by molar-refractivity contribution is 5.94. The Labute approximate surface area is 113 Å². The van der Waals surface area contributed by atoms with Gasteiger partial charge in [0.05, 0.1) is 6.04 Å². The number of nitrogens with one attached hydrogen (secondary N) is 1. The van der Waals surface area contributed by atoms with Crippen molar-refractivity contribution in [1.29, 1.82) is 0 Å². The number of nitrogens with zero attached hydrogens (tertiary/aromatic N) is 1. The SMILES string of the molecule is CCc1ccc(C(=O)NC(C)c2ccncc2)cc1. The monoisotopic (exact) mass is 254 g/mol. The van der Waals surface area contributed by atoms with Crippen LogP contribution in [-0.2, 0) is 6.42 Å². The second-order valence-corrected chi connectivity index (χ2v) is 4.53. The van der Waals surface area contributed by atoms with Crippen LogP contribution in [0.4, 0.5) is 0 Å². The van der Waals surface area contributed by atoms with Gasteiger partial charge in [-0.25, -0.2) is 0 Å². The van der Waals surface area contributed by atoms with Crippen molar-refractivity contribution in [3.05, 3.63) is 65.5 Å². The van der Waals surface area contributed by atoms with Crippen LogP contribution < -0.4 is 5.32 Å². The first kappa shape index (κ1) is 13.3. The van der Waals surface area contributed by atoms with Gasteiger partial charge in [-0.1, -0.05) is 19.1 Å². The van der Waals surface area contributed by atoms with E-state index in [4.69, 9.17) is 0 Å². The van der Waals surface area contributed by atoms with E-state index in [1.807, 2.05) is 43.3 Å². The van der Waals surface area contributed by atoms with Gasteiger partial charge in [-0.2, -0.15) is 0 Å². The lowest BCUT2D eigenvalue weighted by Gasteiger charge is -2.14. The third-order valence-corrected chi connectivity index (χ3v) is 3.18. The maximum Gasteiger partial charge on any atom is 0.251 e. The Bertz CT molecular complexity index is 534. The Morgan fingerprint density at radius 2 is 1.79 bits per heavy atom. The summed E-state index contributed by atoms with van der Waals surface area (Å²) in [6.45, 7) is 4.06. The molecule has 0 radical (unpaired) electrons. The predicted octanol–water partition coefficient (Wildman–Crippen LogP) is 3.14. The van der Waals surface area contributed by atoms with Crippen LogP contribution in [0.25, 0.3) is 0 Å². The van der Waals surface area contributed by atoms with Gasteiger partial charge in [0.25, 0.3) is 5.91 Å². The van der Waals surface area contributed by atoms with E-state index in [0.717, 1.165) is 12.0 Å². The molecule has 0 spiro atoms. The Kier molecular flexibility index (Phi) is 4.29. The van der Waals surface area contributed by atoms with E-state index in [2.05, 4.69) is 17.2 Å². The topological polar surface area (TPSA) is 42.0 Å². The minimum absolute atomic E-state index is 0.0265. The van der Waals surface area contributed by atoms with Crippen molar-refractivity contribution in [2.24, 2.45) is 0 Å². The molecule has 0 saturated heterocycles. The molecule has 1 atom stereocenters. The van der Waals surface area contributed by atoms with Gasteiger partial charge in [0, 0.05) is 18.0 Å². The molecule has 0 aliphatic carbocycles. The first-order chi connectivity index (χ1) is 9.20. The minimum atomic E-state index is -0.0491. The van der Waals surface area contributed by atoms with Crippen molar-refractivity contribution in [3.63, 3.8) is 0 Å². The fourth-order valence-electron chi connectivity index (χ4n) is 1.91. The van der Waals surface area contributed by atoms with Gasteiger partial charge >= 0.3 is 0 Å². The van der Waals surface area contributed by atoms with Gasteiger partial charge in [-0.15, -0.1) is 0 Å². The lowest BCUT2D eigenvalue weighted by atomic mass is 10.1. The quantitative estimate of drug-likeness (QED) is 0.910. The summed E-state index contributed by atoms with van der Waals surface area (Å²) < 4.78 is 0. The molecule has 3 nitrogen and oxygen atoms in total. The largest absolute Gasteiger partial charge is 0.346 e. The third kappa shape index (κ3) is 3.41. The zero-order valence-corrected chi connectivity index (χ0v) is 11.3. The molecule has 98 valence electrons. The van der Waals surface area contributed by atoms with Crippen LogP contribution in [-0.4, -0.2) is 10.9 Å². The molecule has 19 heavy (non-hydrogen) atoms. The maximum atomic E-state index is 12.1. The van der Waals surface area contributed by atoms with E-state index in [0.29, 0.717) is 5.56 Å². The highest BCUT2D eigenvalue weighted by Crippen LogP contribution is 2.12. The van der Waals surface area contributed by atoms with Crippen LogP contribution in [0.2, 0.25) is 0 Å². The molecule has 1 N–H and O–H groups in total. The first-order valence-electron chi connectivity index (χ1n) is 6.50. The number of carbonyl (C=O) groups excluding carboxylic acids is 1. The molecule has 0 aliphatic rings. The predicted molar refractivity (Wildman–Crippen MR) is 75.9 cm³/mol. The van der Waals surface area contributed by atoms with Crippen molar-refractivity contribution < 1.29 is 4.79 Å². The fraction of sp³-hybridized carbons (Fsp3) is 0.250. The van der Waals surface area contributed by atoms with E-state index >= 15 is 0 Å². The molecule has 1 aromatic carbocycles. The summed E-state index contributed by atoms with van der Waals surface area (Å²) in [5, 5.41) is 2.98. The zero-order chi connectivity index (χ0) is 13.7. The maximum absolute atomic E-state index is 12.1. The normalized spacial score (nSPS) is 11.9. The Morgan fingerprint density at radius 1 is 1.16 bits per heavy atom. The number of benzene rings is 1. The lowest BCUT2D eigenvalue weighted by molar-refractivity contribution is 0.0940. The van der Waals surface area contributed by atoms with Crippen LogP contribution in [0, 0.1) is 0 Å².